The van der Waals surface area contributed by atoms with E-state index in [1.165, 1.54) is 42.0 Å². The third-order valence-corrected chi connectivity index (χ3v) is 24.6. The molecule has 9 aliphatic rings. The number of hydrogen-bond acceptors (Lipinski definition) is 21. The Balaban J connectivity index is 0.763. The molecule has 564 valence electrons. The van der Waals surface area contributed by atoms with Crippen molar-refractivity contribution in [3.8, 4) is 0 Å². The molecule has 5 aliphatic heterocycles. The van der Waals surface area contributed by atoms with Gasteiger partial charge in [-0.25, -0.2) is 28.8 Å². The Labute approximate surface area is 623 Å². The van der Waals surface area contributed by atoms with Crippen molar-refractivity contribution in [3.63, 3.8) is 0 Å². The number of fused-ring (bicyclic) bond motifs is 7. The average Bonchev–Trinajstić information content (AvgIpc) is 1.56. The largest absolute Gasteiger partial charge is 0.452 e. The highest BCUT2D eigenvalue weighted by Crippen LogP contribution is 2.71. The summed E-state index contributed by atoms with van der Waals surface area (Å²) in [5, 5.41) is 13.5. The van der Waals surface area contributed by atoms with Crippen LogP contribution in [0.15, 0.2) is 194 Å². The Hall–Kier alpha value is -8.48. The van der Waals surface area contributed by atoms with E-state index in [1.807, 2.05) is 0 Å². The molecular weight excluding hydrogens is 1370 g/mol. The van der Waals surface area contributed by atoms with Crippen LogP contribution in [0.4, 0.5) is 0 Å². The van der Waals surface area contributed by atoms with Gasteiger partial charge < -0.3 is 71.4 Å². The predicted molar refractivity (Wildman–Crippen MR) is 385 cm³/mol. The lowest BCUT2D eigenvalue weighted by Crippen LogP contribution is -2.66. The van der Waals surface area contributed by atoms with Gasteiger partial charge in [0.25, 0.3) is 0 Å². The highest BCUT2D eigenvalue weighted by molar-refractivity contribution is 5.93. The Morgan fingerprint density at radius 1 is 0.449 bits per heavy atom. The average molecular weight is 1460 g/mol. The molecule has 0 radical (unpaired) electrons. The van der Waals surface area contributed by atoms with Gasteiger partial charge in [-0.3, -0.25) is 0 Å². The quantitative estimate of drug-likeness (QED) is 0.0477. The van der Waals surface area contributed by atoms with Crippen LogP contribution < -0.4 is 0 Å². The van der Waals surface area contributed by atoms with Crippen molar-refractivity contribution in [2.45, 2.75) is 203 Å². The Bertz CT molecular complexity index is 4140. The predicted octanol–water partition coefficient (Wildman–Crippen LogP) is 13.1. The van der Waals surface area contributed by atoms with Gasteiger partial charge in [0.1, 0.15) is 18.3 Å². The second-order valence-corrected chi connectivity index (χ2v) is 31.1. The number of benzene rings is 6. The smallest absolute Gasteiger partial charge is 0.338 e. The maximum Gasteiger partial charge on any atom is 0.338 e. The summed E-state index contributed by atoms with van der Waals surface area (Å²) < 4.78 is 93.2. The second-order valence-electron chi connectivity index (χ2n) is 31.1. The molecule has 4 aliphatic carbocycles. The van der Waals surface area contributed by atoms with Crippen molar-refractivity contribution < 1.29 is 100 Å². The first-order valence-corrected chi connectivity index (χ1v) is 37.9. The molecule has 0 unspecified atom stereocenters. The third-order valence-electron chi connectivity index (χ3n) is 24.6. The van der Waals surface area contributed by atoms with E-state index in [-0.39, 0.29) is 50.3 Å². The lowest BCUT2D eigenvalue weighted by atomic mass is 9.47. The molecule has 107 heavy (non-hydrogen) atoms. The van der Waals surface area contributed by atoms with E-state index in [1.54, 1.807) is 159 Å². The van der Waals surface area contributed by atoms with Gasteiger partial charge in [0, 0.05) is 12.3 Å². The van der Waals surface area contributed by atoms with E-state index >= 15 is 0 Å². The van der Waals surface area contributed by atoms with Crippen molar-refractivity contribution in [1.29, 1.82) is 0 Å². The molecule has 0 bridgehead atoms. The van der Waals surface area contributed by atoms with Crippen molar-refractivity contribution in [2.24, 2.45) is 46.3 Å². The van der Waals surface area contributed by atoms with Crippen LogP contribution in [0.2, 0.25) is 0 Å². The van der Waals surface area contributed by atoms with Gasteiger partial charge >= 0.3 is 35.8 Å². The van der Waals surface area contributed by atoms with Crippen LogP contribution in [0.1, 0.15) is 161 Å². The van der Waals surface area contributed by atoms with Crippen LogP contribution >= 0.6 is 0 Å². The van der Waals surface area contributed by atoms with Crippen LogP contribution in [0, 0.1) is 46.3 Å². The molecule has 5 saturated heterocycles. The highest BCUT2D eigenvalue weighted by atomic mass is 16.8. The monoisotopic (exact) mass is 1460 g/mol. The number of esters is 6. The van der Waals surface area contributed by atoms with Crippen LogP contribution in [0.25, 0.3) is 0 Å². The fourth-order valence-electron chi connectivity index (χ4n) is 19.0. The zero-order chi connectivity index (χ0) is 74.3. The molecule has 21 heteroatoms. The molecule has 5 heterocycles. The lowest BCUT2D eigenvalue weighted by molar-refractivity contribution is -0.373. The number of rotatable bonds is 18. The minimum Gasteiger partial charge on any atom is -0.452 e. The van der Waals surface area contributed by atoms with Gasteiger partial charge in [-0.05, 0) is 178 Å². The summed E-state index contributed by atoms with van der Waals surface area (Å²) in [5.74, 6) is -3.00. The zero-order valence-electron chi connectivity index (χ0n) is 61.0. The minimum absolute atomic E-state index is 0.0993. The fourth-order valence-corrected chi connectivity index (χ4v) is 19.0. The lowest BCUT2D eigenvalue weighted by Gasteiger charge is -2.58. The molecule has 15 rings (SSSR count). The molecule has 6 aromatic rings. The maximum atomic E-state index is 14.7. The molecule has 1 spiro atoms. The van der Waals surface area contributed by atoms with E-state index in [9.17, 15) is 33.9 Å². The number of aliphatic hydroxyl groups is 1. The zero-order valence-corrected chi connectivity index (χ0v) is 61.0. The van der Waals surface area contributed by atoms with Crippen molar-refractivity contribution in [2.75, 3.05) is 13.2 Å². The Morgan fingerprint density at radius 2 is 0.879 bits per heavy atom. The van der Waals surface area contributed by atoms with Crippen LogP contribution in [0.3, 0.4) is 0 Å². The molecule has 0 aromatic heterocycles. The van der Waals surface area contributed by atoms with Gasteiger partial charge in [-0.15, -0.1) is 0 Å². The normalized spacial score (nSPS) is 37.0. The summed E-state index contributed by atoms with van der Waals surface area (Å²) in [7, 11) is 0. The van der Waals surface area contributed by atoms with Gasteiger partial charge in [-0.2, -0.15) is 0 Å². The van der Waals surface area contributed by atoms with Crippen molar-refractivity contribution in [3.05, 3.63) is 227 Å². The maximum absolute atomic E-state index is 14.7. The first-order valence-electron chi connectivity index (χ1n) is 37.9. The van der Waals surface area contributed by atoms with Gasteiger partial charge in [0.2, 0.25) is 0 Å². The SMILES string of the molecule is C[C@@H]1CC[C@@]2(OC1)O[C@H]1C[C@H]3[C@@H]4CC=C5C[C@@H](O[C@@H]6OC[C@H](O[C@@H]7O[C@@H](C)[C@H](OC(=O)c8ccccc8)[C@@H](OC(=O)c8ccccc8)[C@H]7OC(=O)c7ccccc7)[C@H](O)[C@H]6O[C@@H]6O[C@@H](C)[C@H](OC(=O)c7ccccc7)[C@@H](OC(=O)c7ccccc7)[C@H]6OC(=O)c6ccccc6)CC[C@]5(C)[C@H]4CC[C@]3(C)[C@H]1[C@@H]2C. The molecule has 8 fully saturated rings. The number of allylic oxidation sites excluding steroid dienone is 1. The topological polar surface area (TPSA) is 252 Å². The molecule has 21 nitrogen and oxygen atoms in total. The minimum atomic E-state index is -1.82. The van der Waals surface area contributed by atoms with Crippen LogP contribution in [-0.2, 0) is 66.3 Å². The Kier molecular flexibility index (Phi) is 21.6. The van der Waals surface area contributed by atoms with Gasteiger partial charge in [-0.1, -0.05) is 149 Å². The molecule has 1 N–H and O–H groups in total. The molecule has 0 amide bonds. The number of carbonyl (C=O) groups is 6. The Morgan fingerprint density at radius 3 is 1.32 bits per heavy atom. The fraction of sp³-hybridized carbons (Fsp3) is 0.488. The summed E-state index contributed by atoms with van der Waals surface area (Å²) in [6, 6.07) is 48.7. The number of hydrogen-bond donors (Lipinski definition) is 1. The van der Waals surface area contributed by atoms with Crippen molar-refractivity contribution >= 4 is 35.8 Å². The van der Waals surface area contributed by atoms with Gasteiger partial charge in [0.15, 0.2) is 61.3 Å². The van der Waals surface area contributed by atoms with Crippen LogP contribution in [0.5, 0.6) is 0 Å². The van der Waals surface area contributed by atoms with Gasteiger partial charge in [0.05, 0.1) is 71.0 Å². The van der Waals surface area contributed by atoms with E-state index < -0.39 is 140 Å². The molecule has 6 aromatic carbocycles. The second kappa shape index (κ2) is 31.2. The number of ether oxygens (including phenoxy) is 14. The molecular formula is C86H94O21. The van der Waals surface area contributed by atoms with E-state index in [0.29, 0.717) is 48.3 Å². The first kappa shape index (κ1) is 74.0. The summed E-state index contributed by atoms with van der Waals surface area (Å²) in [6.07, 6.45) is -11.8. The summed E-state index contributed by atoms with van der Waals surface area (Å²) in [6.45, 7) is 13.1. The first-order chi connectivity index (χ1) is 51.7. The standard InChI is InChI=1S/C86H94O21/c1-49-39-44-86(95-47-49)50(2)66-64(107-86)46-63-61-38-37-59-45-60(40-42-84(59,5)62(61)41-43-85(63,66)6)98-81-70(106-83-74(105-80(93)58-35-23-12-24-36-58)72(103-78(91)56-31-19-10-20-32-56)69(52(4)97-83)101-76(89)54-27-15-8-16-28-54)67(87)65(48-94-81)99-82-73(104-79(92)57-33-21-11-22-34-57)71(102-77(90)55-29-17-9-18-30-55)68(51(3)96-82)100-75(88)53-25-13-7-14-26-53/h7-37,49-52,60-74,81-83,87H,38-48H2,1-6H3/t49-,50+,51+,52+,60+,61-,62+,63+,64+,65+,66+,67+,68+,69+,70-,71-,72-,73-,74-,81+,82+,83+,84+,85+,86-/m1/s1. The van der Waals surface area contributed by atoms with E-state index in [0.717, 1.165) is 51.6 Å². The number of aliphatic hydroxyl groups excluding tert-OH is 1. The van der Waals surface area contributed by atoms with E-state index in [4.69, 9.17) is 66.3 Å². The molecule has 25 atom stereocenters. The third kappa shape index (κ3) is 14.9. The molecule has 3 saturated carbocycles. The number of carbonyl (C=O) groups excluding carboxylic acids is 6. The summed E-state index contributed by atoms with van der Waals surface area (Å²) >= 11 is 0. The van der Waals surface area contributed by atoms with Crippen LogP contribution in [-0.4, -0.2) is 158 Å². The van der Waals surface area contributed by atoms with Crippen molar-refractivity contribution in [1.82, 2.24) is 0 Å². The highest BCUT2D eigenvalue weighted by Gasteiger charge is 2.69. The van der Waals surface area contributed by atoms with E-state index in [2.05, 4.69) is 33.8 Å². The summed E-state index contributed by atoms with van der Waals surface area (Å²) in [4.78, 5) is 86.5. The summed E-state index contributed by atoms with van der Waals surface area (Å²) in [5.41, 5.74) is 2.06.